The highest BCUT2D eigenvalue weighted by molar-refractivity contribution is 6.05. The molecule has 0 saturated heterocycles. The number of hydrogen-bond acceptors (Lipinski definition) is 4. The van der Waals surface area contributed by atoms with Crippen molar-refractivity contribution >= 4 is 11.6 Å². The van der Waals surface area contributed by atoms with Gasteiger partial charge in [0, 0.05) is 11.1 Å². The summed E-state index contributed by atoms with van der Waals surface area (Å²) in [7, 11) is 3.19. The van der Waals surface area contributed by atoms with Gasteiger partial charge in [-0.2, -0.15) is 0 Å². The molecule has 0 atom stereocenters. The van der Waals surface area contributed by atoms with Crippen molar-refractivity contribution in [3.8, 4) is 11.5 Å². The van der Waals surface area contributed by atoms with E-state index in [9.17, 15) is 9.59 Å². The smallest absolute Gasteiger partial charge is 0.185 e. The summed E-state index contributed by atoms with van der Waals surface area (Å²) in [4.78, 5) is 24.5. The zero-order valence-corrected chi connectivity index (χ0v) is 17.5. The third-order valence-corrected chi connectivity index (χ3v) is 4.63. The van der Waals surface area contributed by atoms with Gasteiger partial charge < -0.3 is 9.47 Å². The summed E-state index contributed by atoms with van der Waals surface area (Å²) in [6.45, 7) is 4.22. The van der Waals surface area contributed by atoms with Crippen LogP contribution in [0, 0.1) is 5.41 Å². The molecule has 0 unspecified atom stereocenters. The maximum Gasteiger partial charge on any atom is 0.185 e. The van der Waals surface area contributed by atoms with Crippen LogP contribution < -0.4 is 9.47 Å². The molecule has 0 amide bonds. The molecule has 29 heavy (non-hydrogen) atoms. The molecular formula is C25H28O4. The second kappa shape index (κ2) is 10.4. The maximum atomic E-state index is 12.2. The molecule has 152 valence electrons. The molecule has 0 fully saturated rings. The second-order valence-corrected chi connectivity index (χ2v) is 7.56. The van der Waals surface area contributed by atoms with Crippen LogP contribution in [0.1, 0.15) is 47.4 Å². The lowest BCUT2D eigenvalue weighted by Gasteiger charge is -2.20. The lowest BCUT2D eigenvalue weighted by atomic mass is 9.85. The average molecular weight is 392 g/mol. The summed E-state index contributed by atoms with van der Waals surface area (Å²) in [5.41, 5.74) is 1.20. The molecule has 4 nitrogen and oxygen atoms in total. The number of allylic oxidation sites excluding steroid dienone is 4. The molecule has 2 rings (SSSR count). The van der Waals surface area contributed by atoms with Crippen LogP contribution in [0.4, 0.5) is 0 Å². The summed E-state index contributed by atoms with van der Waals surface area (Å²) in [5.74, 6) is 1.38. The number of benzene rings is 2. The van der Waals surface area contributed by atoms with Crippen molar-refractivity contribution in [2.24, 2.45) is 5.41 Å². The molecule has 0 aliphatic carbocycles. The number of carbonyl (C=O) groups is 2. The Morgan fingerprint density at radius 2 is 1.07 bits per heavy atom. The van der Waals surface area contributed by atoms with Crippen LogP contribution in [0.25, 0.3) is 0 Å². The maximum absolute atomic E-state index is 12.2. The van der Waals surface area contributed by atoms with Gasteiger partial charge >= 0.3 is 0 Å². The highest BCUT2D eigenvalue weighted by Crippen LogP contribution is 2.26. The quantitative estimate of drug-likeness (QED) is 0.385. The Morgan fingerprint density at radius 1 is 0.724 bits per heavy atom. The van der Waals surface area contributed by atoms with E-state index in [-0.39, 0.29) is 17.0 Å². The third kappa shape index (κ3) is 7.07. The molecule has 2 aromatic carbocycles. The molecule has 0 bridgehead atoms. The number of ketones is 2. The van der Waals surface area contributed by atoms with E-state index in [2.05, 4.69) is 13.8 Å². The Kier molecular flexibility index (Phi) is 7.96. The molecule has 0 aliphatic rings. The van der Waals surface area contributed by atoms with E-state index in [1.165, 1.54) is 0 Å². The molecule has 2 aromatic rings. The van der Waals surface area contributed by atoms with Crippen molar-refractivity contribution in [3.05, 3.63) is 84.0 Å². The molecule has 4 heteroatoms. The topological polar surface area (TPSA) is 52.6 Å². The van der Waals surface area contributed by atoms with Gasteiger partial charge in [-0.3, -0.25) is 9.59 Å². The van der Waals surface area contributed by atoms with Gasteiger partial charge in [0.15, 0.2) is 11.6 Å². The van der Waals surface area contributed by atoms with E-state index in [1.54, 1.807) is 74.9 Å². The Labute approximate surface area is 172 Å². The highest BCUT2D eigenvalue weighted by Gasteiger charge is 2.14. The van der Waals surface area contributed by atoms with Crippen LogP contribution in [0.2, 0.25) is 0 Å². The summed E-state index contributed by atoms with van der Waals surface area (Å²) in [6, 6.07) is 14.1. The highest BCUT2D eigenvalue weighted by atomic mass is 16.5. The van der Waals surface area contributed by atoms with Crippen molar-refractivity contribution in [2.45, 2.75) is 26.7 Å². The van der Waals surface area contributed by atoms with Crippen molar-refractivity contribution in [3.63, 3.8) is 0 Å². The van der Waals surface area contributed by atoms with Gasteiger partial charge in [0.2, 0.25) is 0 Å². The zero-order chi connectivity index (χ0) is 21.3. The predicted molar refractivity (Wildman–Crippen MR) is 116 cm³/mol. The average Bonchev–Trinajstić information content (AvgIpc) is 2.73. The van der Waals surface area contributed by atoms with Gasteiger partial charge in [-0.05, 0) is 78.9 Å². The van der Waals surface area contributed by atoms with Gasteiger partial charge in [0.1, 0.15) is 11.5 Å². The SMILES string of the molecule is COc1ccc(C(=O)/C=C/CC(C)(C)C/C=C/C(=O)c2ccc(OC)cc2)cc1. The fourth-order valence-electron chi connectivity index (χ4n) is 2.76. The van der Waals surface area contributed by atoms with E-state index in [4.69, 9.17) is 9.47 Å². The van der Waals surface area contributed by atoms with E-state index in [0.717, 1.165) is 24.3 Å². The van der Waals surface area contributed by atoms with Crippen molar-refractivity contribution < 1.29 is 19.1 Å². The van der Waals surface area contributed by atoms with Crippen LogP contribution in [0.15, 0.2) is 72.8 Å². The third-order valence-electron chi connectivity index (χ3n) is 4.63. The van der Waals surface area contributed by atoms with Gasteiger partial charge in [-0.25, -0.2) is 0 Å². The summed E-state index contributed by atoms with van der Waals surface area (Å²) < 4.78 is 10.2. The number of carbonyl (C=O) groups excluding carboxylic acids is 2. The number of hydrogen-bond donors (Lipinski definition) is 0. The molecular weight excluding hydrogens is 364 g/mol. The first-order chi connectivity index (χ1) is 13.8. The van der Waals surface area contributed by atoms with Crippen molar-refractivity contribution in [1.29, 1.82) is 0 Å². The van der Waals surface area contributed by atoms with Crippen LogP contribution in [-0.4, -0.2) is 25.8 Å². The Hall–Kier alpha value is -3.14. The molecule has 0 saturated carbocycles. The Bertz CT molecular complexity index is 799. The van der Waals surface area contributed by atoms with Gasteiger partial charge in [0.25, 0.3) is 0 Å². The molecule has 0 aromatic heterocycles. The number of ether oxygens (including phenoxy) is 2. The van der Waals surface area contributed by atoms with Gasteiger partial charge in [-0.15, -0.1) is 0 Å². The number of methoxy groups -OCH3 is 2. The summed E-state index contributed by atoms with van der Waals surface area (Å²) in [6.07, 6.45) is 8.47. The minimum absolute atomic E-state index is 0.0336. The first-order valence-corrected chi connectivity index (χ1v) is 9.54. The van der Waals surface area contributed by atoms with Crippen molar-refractivity contribution in [2.75, 3.05) is 14.2 Å². The lowest BCUT2D eigenvalue weighted by Crippen LogP contribution is -2.09. The normalized spacial score (nSPS) is 11.7. The van der Waals surface area contributed by atoms with Gasteiger partial charge in [0.05, 0.1) is 14.2 Å². The van der Waals surface area contributed by atoms with E-state index >= 15 is 0 Å². The standard InChI is InChI=1S/C25H28O4/c1-25(2,17-5-7-23(26)19-9-13-21(28-3)14-10-19)18-6-8-24(27)20-11-15-22(29-4)16-12-20/h5-16H,17-18H2,1-4H3/b7-5+,8-6+. The summed E-state index contributed by atoms with van der Waals surface area (Å²) >= 11 is 0. The minimum Gasteiger partial charge on any atom is -0.497 e. The minimum atomic E-state index is -0.0621. The Balaban J connectivity index is 1.86. The molecule has 0 aliphatic heterocycles. The van der Waals surface area contributed by atoms with Crippen molar-refractivity contribution in [1.82, 2.24) is 0 Å². The Morgan fingerprint density at radius 3 is 1.38 bits per heavy atom. The van der Waals surface area contributed by atoms with Crippen LogP contribution in [-0.2, 0) is 0 Å². The van der Waals surface area contributed by atoms with E-state index in [1.807, 2.05) is 12.2 Å². The molecule has 0 heterocycles. The molecule has 0 spiro atoms. The molecule has 0 N–H and O–H groups in total. The van der Waals surface area contributed by atoms with E-state index < -0.39 is 0 Å². The number of rotatable bonds is 10. The van der Waals surface area contributed by atoms with Crippen LogP contribution >= 0.6 is 0 Å². The lowest BCUT2D eigenvalue weighted by molar-refractivity contribution is 0.103. The fraction of sp³-hybridized carbons (Fsp3) is 0.280. The monoisotopic (exact) mass is 392 g/mol. The van der Waals surface area contributed by atoms with Crippen LogP contribution in [0.5, 0.6) is 11.5 Å². The zero-order valence-electron chi connectivity index (χ0n) is 17.5. The molecule has 0 radical (unpaired) electrons. The fourth-order valence-corrected chi connectivity index (χ4v) is 2.76. The summed E-state index contributed by atoms with van der Waals surface area (Å²) in [5, 5.41) is 0. The largest absolute Gasteiger partial charge is 0.497 e. The van der Waals surface area contributed by atoms with Gasteiger partial charge in [-0.1, -0.05) is 26.0 Å². The second-order valence-electron chi connectivity index (χ2n) is 7.56. The predicted octanol–water partition coefficient (Wildman–Crippen LogP) is 5.69. The van der Waals surface area contributed by atoms with Crippen LogP contribution in [0.3, 0.4) is 0 Å². The first kappa shape index (κ1) is 22.2. The first-order valence-electron chi connectivity index (χ1n) is 9.54. The van der Waals surface area contributed by atoms with E-state index in [0.29, 0.717) is 11.1 Å².